The average Bonchev–Trinajstić information content (AvgIpc) is 3.33. The second-order valence-electron chi connectivity index (χ2n) is 9.08. The number of amides is 1. The van der Waals surface area contributed by atoms with E-state index in [1.54, 1.807) is 17.0 Å². The summed E-state index contributed by atoms with van der Waals surface area (Å²) in [5, 5.41) is 4.42. The van der Waals surface area contributed by atoms with E-state index in [1.165, 1.54) is 36.4 Å². The van der Waals surface area contributed by atoms with Gasteiger partial charge in [0.15, 0.2) is 0 Å². The SMILES string of the molecule is Cc1cccc(-c2noc(N3CCOCC3)c2CN(Cc2ccc(F)cc2)C(=O)c2ccc(F)cc2)c1. The molecule has 2 heterocycles. The Morgan fingerprint density at radius 1 is 0.946 bits per heavy atom. The lowest BCUT2D eigenvalue weighted by Gasteiger charge is -2.28. The molecule has 0 radical (unpaired) electrons. The Hall–Kier alpha value is -4.04. The molecule has 3 aromatic carbocycles. The minimum Gasteiger partial charge on any atom is -0.378 e. The van der Waals surface area contributed by atoms with Crippen molar-refractivity contribution in [2.45, 2.75) is 20.0 Å². The Labute approximate surface area is 214 Å². The number of aromatic nitrogens is 1. The Balaban J connectivity index is 1.56. The van der Waals surface area contributed by atoms with Crippen LogP contribution in [0.15, 0.2) is 77.3 Å². The summed E-state index contributed by atoms with van der Waals surface area (Å²) < 4.78 is 38.5. The minimum atomic E-state index is -0.419. The van der Waals surface area contributed by atoms with Gasteiger partial charge in [0.25, 0.3) is 5.91 Å². The van der Waals surface area contributed by atoms with Gasteiger partial charge in [-0.05, 0) is 55.0 Å². The van der Waals surface area contributed by atoms with Gasteiger partial charge in [0.2, 0.25) is 5.88 Å². The molecule has 1 aromatic heterocycles. The first-order valence-electron chi connectivity index (χ1n) is 12.2. The monoisotopic (exact) mass is 503 g/mol. The number of carbonyl (C=O) groups excluding carboxylic acids is 1. The number of carbonyl (C=O) groups is 1. The number of ether oxygens (including phenoxy) is 1. The molecule has 1 amide bonds. The number of halogens is 2. The smallest absolute Gasteiger partial charge is 0.254 e. The van der Waals surface area contributed by atoms with Crippen molar-refractivity contribution in [3.8, 4) is 11.3 Å². The van der Waals surface area contributed by atoms with Crippen LogP contribution in [0.2, 0.25) is 0 Å². The zero-order chi connectivity index (χ0) is 25.8. The molecule has 0 aliphatic carbocycles. The predicted molar refractivity (Wildman–Crippen MR) is 136 cm³/mol. The van der Waals surface area contributed by atoms with E-state index in [-0.39, 0.29) is 24.8 Å². The summed E-state index contributed by atoms with van der Waals surface area (Å²) in [5.41, 5.74) is 4.49. The number of hydrogen-bond donors (Lipinski definition) is 0. The first-order chi connectivity index (χ1) is 18.0. The number of rotatable bonds is 7. The molecule has 0 unspecified atom stereocenters. The zero-order valence-electron chi connectivity index (χ0n) is 20.5. The van der Waals surface area contributed by atoms with Crippen LogP contribution in [0.1, 0.15) is 27.0 Å². The standard InChI is InChI=1S/C29H27F2N3O3/c1-20-3-2-4-23(17-20)27-26(29(37-32-27)33-13-15-36-16-14-33)19-34(18-21-5-9-24(30)10-6-21)28(35)22-7-11-25(31)12-8-22/h2-12,17H,13-16,18-19H2,1H3. The van der Waals surface area contributed by atoms with Gasteiger partial charge in [-0.15, -0.1) is 0 Å². The van der Waals surface area contributed by atoms with Crippen molar-refractivity contribution in [1.29, 1.82) is 0 Å². The van der Waals surface area contributed by atoms with Gasteiger partial charge in [-0.2, -0.15) is 0 Å². The topological polar surface area (TPSA) is 58.8 Å². The molecule has 0 N–H and O–H groups in total. The first-order valence-corrected chi connectivity index (χ1v) is 12.2. The minimum absolute atomic E-state index is 0.188. The Kier molecular flexibility index (Phi) is 7.28. The molecular formula is C29H27F2N3O3. The number of nitrogens with zero attached hydrogens (tertiary/aromatic N) is 3. The maximum absolute atomic E-state index is 13.7. The van der Waals surface area contributed by atoms with Crippen LogP contribution < -0.4 is 4.90 Å². The van der Waals surface area contributed by atoms with E-state index in [1.807, 2.05) is 31.2 Å². The van der Waals surface area contributed by atoms with Gasteiger partial charge in [-0.25, -0.2) is 8.78 Å². The third-order valence-electron chi connectivity index (χ3n) is 6.37. The third kappa shape index (κ3) is 5.70. The summed E-state index contributed by atoms with van der Waals surface area (Å²) in [7, 11) is 0. The zero-order valence-corrected chi connectivity index (χ0v) is 20.5. The maximum atomic E-state index is 13.7. The highest BCUT2D eigenvalue weighted by Gasteiger charge is 2.28. The van der Waals surface area contributed by atoms with Crippen molar-refractivity contribution < 1.29 is 22.8 Å². The van der Waals surface area contributed by atoms with Crippen LogP contribution >= 0.6 is 0 Å². The van der Waals surface area contributed by atoms with Gasteiger partial charge in [0.1, 0.15) is 17.3 Å². The van der Waals surface area contributed by atoms with Crippen LogP contribution in [0.4, 0.5) is 14.7 Å². The van der Waals surface area contributed by atoms with Crippen LogP contribution in [0.3, 0.4) is 0 Å². The summed E-state index contributed by atoms with van der Waals surface area (Å²) in [6, 6.07) is 19.4. The van der Waals surface area contributed by atoms with E-state index >= 15 is 0 Å². The second-order valence-corrected chi connectivity index (χ2v) is 9.08. The van der Waals surface area contributed by atoms with Gasteiger partial charge >= 0.3 is 0 Å². The van der Waals surface area contributed by atoms with E-state index in [2.05, 4.69) is 10.1 Å². The normalized spacial score (nSPS) is 13.5. The van der Waals surface area contributed by atoms with Gasteiger partial charge in [-0.1, -0.05) is 41.1 Å². The van der Waals surface area contributed by atoms with Gasteiger partial charge < -0.3 is 19.1 Å². The molecule has 4 aromatic rings. The molecule has 1 aliphatic rings. The number of hydrogen-bond acceptors (Lipinski definition) is 5. The molecule has 6 nitrogen and oxygen atoms in total. The molecule has 1 aliphatic heterocycles. The molecule has 5 rings (SSSR count). The van der Waals surface area contributed by atoms with E-state index in [9.17, 15) is 13.6 Å². The number of aryl methyl sites for hydroxylation is 1. The van der Waals surface area contributed by atoms with E-state index in [4.69, 9.17) is 9.26 Å². The van der Waals surface area contributed by atoms with E-state index in [0.717, 1.165) is 22.3 Å². The number of benzene rings is 3. The fraction of sp³-hybridized carbons (Fsp3) is 0.241. The van der Waals surface area contributed by atoms with Gasteiger partial charge in [0, 0.05) is 30.8 Å². The number of anilines is 1. The van der Waals surface area contributed by atoms with Crippen molar-refractivity contribution in [2.75, 3.05) is 31.2 Å². The molecular weight excluding hydrogens is 476 g/mol. The maximum Gasteiger partial charge on any atom is 0.254 e. The highest BCUT2D eigenvalue weighted by molar-refractivity contribution is 5.94. The second kappa shape index (κ2) is 10.9. The van der Waals surface area contributed by atoms with Gasteiger partial charge in [-0.3, -0.25) is 4.79 Å². The number of morpholine rings is 1. The fourth-order valence-corrected chi connectivity index (χ4v) is 4.45. The summed E-state index contributed by atoms with van der Waals surface area (Å²) >= 11 is 0. The largest absolute Gasteiger partial charge is 0.378 e. The van der Waals surface area contributed by atoms with Crippen molar-refractivity contribution in [3.05, 3.63) is 107 Å². The molecule has 0 atom stereocenters. The van der Waals surface area contributed by atoms with Gasteiger partial charge in [0.05, 0.1) is 25.3 Å². The van der Waals surface area contributed by atoms with Crippen molar-refractivity contribution in [3.63, 3.8) is 0 Å². The molecule has 0 spiro atoms. The van der Waals surface area contributed by atoms with Crippen molar-refractivity contribution in [2.24, 2.45) is 0 Å². The highest BCUT2D eigenvalue weighted by atomic mass is 19.1. The van der Waals surface area contributed by atoms with E-state index in [0.29, 0.717) is 43.4 Å². The Morgan fingerprint density at radius 2 is 1.62 bits per heavy atom. The van der Waals surface area contributed by atoms with Crippen molar-refractivity contribution >= 4 is 11.8 Å². The van der Waals surface area contributed by atoms with Crippen LogP contribution in [-0.4, -0.2) is 42.3 Å². The molecule has 8 heteroatoms. The summed E-state index contributed by atoms with van der Waals surface area (Å²) in [6.07, 6.45) is 0. The van der Waals surface area contributed by atoms with Crippen LogP contribution in [0.5, 0.6) is 0 Å². The molecule has 190 valence electrons. The molecule has 37 heavy (non-hydrogen) atoms. The first kappa shape index (κ1) is 24.6. The quantitative estimate of drug-likeness (QED) is 0.328. The molecule has 1 saturated heterocycles. The summed E-state index contributed by atoms with van der Waals surface area (Å²) in [4.78, 5) is 17.4. The predicted octanol–water partition coefficient (Wildman–Crippen LogP) is 5.61. The average molecular weight is 504 g/mol. The lowest BCUT2D eigenvalue weighted by Crippen LogP contribution is -2.37. The highest BCUT2D eigenvalue weighted by Crippen LogP contribution is 2.34. The molecule has 0 bridgehead atoms. The Bertz CT molecular complexity index is 1360. The Morgan fingerprint density at radius 3 is 2.30 bits per heavy atom. The third-order valence-corrected chi connectivity index (χ3v) is 6.37. The molecule has 1 fully saturated rings. The van der Waals surface area contributed by atoms with Crippen molar-refractivity contribution in [1.82, 2.24) is 10.1 Å². The molecule has 0 saturated carbocycles. The lowest BCUT2D eigenvalue weighted by atomic mass is 10.0. The van der Waals surface area contributed by atoms with Crippen LogP contribution in [0, 0.1) is 18.6 Å². The van der Waals surface area contributed by atoms with Crippen LogP contribution in [-0.2, 0) is 17.8 Å². The lowest BCUT2D eigenvalue weighted by molar-refractivity contribution is 0.0729. The summed E-state index contributed by atoms with van der Waals surface area (Å²) in [5.74, 6) is -0.461. The summed E-state index contributed by atoms with van der Waals surface area (Å²) in [6.45, 7) is 4.82. The van der Waals surface area contributed by atoms with E-state index < -0.39 is 5.82 Å². The fourth-order valence-electron chi connectivity index (χ4n) is 4.45. The van der Waals surface area contributed by atoms with Crippen LogP contribution in [0.25, 0.3) is 11.3 Å².